The van der Waals surface area contributed by atoms with Crippen molar-refractivity contribution >= 4 is 15.1 Å². The van der Waals surface area contributed by atoms with Gasteiger partial charge in [-0.05, 0) is 24.0 Å². The summed E-state index contributed by atoms with van der Waals surface area (Å²) in [4.78, 5) is 12.5. The largest absolute Gasteiger partial charge is 0.449 e. The van der Waals surface area contributed by atoms with Crippen LogP contribution in [0.1, 0.15) is 24.0 Å². The lowest BCUT2D eigenvalue weighted by Crippen LogP contribution is -2.44. The van der Waals surface area contributed by atoms with Gasteiger partial charge in [-0.25, -0.2) is 13.2 Å². The molecule has 0 N–H and O–H groups in total. The Kier molecular flexibility index (Phi) is 5.20. The third-order valence-corrected chi connectivity index (χ3v) is 6.76. The van der Waals surface area contributed by atoms with Crippen LogP contribution in [0.25, 0.3) is 0 Å². The molecule has 1 aliphatic rings. The molecule has 2 aromatic rings. The Hall–Kier alpha value is -2.18. The standard InChI is InChI=1S/C19H20O5S/c20-18(24-15-16-7-3-1-4-8-16)25(21,22)19(11-13-23-14-12-19)17-9-5-2-6-10-17/h1-10H,11-15H2. The van der Waals surface area contributed by atoms with Crippen molar-refractivity contribution in [1.82, 2.24) is 0 Å². The van der Waals surface area contributed by atoms with E-state index in [0.717, 1.165) is 5.56 Å². The normalized spacial score (nSPS) is 17.0. The van der Waals surface area contributed by atoms with E-state index in [2.05, 4.69) is 0 Å². The number of carbonyl (C=O) groups is 1. The SMILES string of the molecule is O=C(OCc1ccccc1)S(=O)(=O)C1(c2ccccc2)CCOCC1. The molecule has 5 nitrogen and oxygen atoms in total. The van der Waals surface area contributed by atoms with E-state index in [4.69, 9.17) is 9.47 Å². The van der Waals surface area contributed by atoms with Crippen molar-refractivity contribution in [2.45, 2.75) is 24.2 Å². The molecule has 1 aliphatic heterocycles. The quantitative estimate of drug-likeness (QED) is 0.781. The Balaban J connectivity index is 1.87. The van der Waals surface area contributed by atoms with Crippen LogP contribution in [0.15, 0.2) is 60.7 Å². The summed E-state index contributed by atoms with van der Waals surface area (Å²) < 4.78 is 35.4. The van der Waals surface area contributed by atoms with Gasteiger partial charge in [0, 0.05) is 13.2 Å². The molecular formula is C19H20O5S. The highest BCUT2D eigenvalue weighted by molar-refractivity contribution is 8.06. The molecule has 3 rings (SSSR count). The van der Waals surface area contributed by atoms with Gasteiger partial charge < -0.3 is 9.47 Å². The lowest BCUT2D eigenvalue weighted by Gasteiger charge is -2.35. The van der Waals surface area contributed by atoms with Crippen molar-refractivity contribution in [2.75, 3.05) is 13.2 Å². The molecule has 132 valence electrons. The van der Waals surface area contributed by atoms with Crippen LogP contribution in [0, 0.1) is 0 Å². The molecule has 6 heteroatoms. The van der Waals surface area contributed by atoms with Gasteiger partial charge in [0.2, 0.25) is 0 Å². The molecule has 0 saturated carbocycles. The number of benzene rings is 2. The number of rotatable bonds is 4. The summed E-state index contributed by atoms with van der Waals surface area (Å²) in [6.07, 6.45) is 0.472. The summed E-state index contributed by atoms with van der Waals surface area (Å²) >= 11 is 0. The summed E-state index contributed by atoms with van der Waals surface area (Å²) in [7, 11) is -4.19. The van der Waals surface area contributed by atoms with Crippen LogP contribution in [-0.4, -0.2) is 26.9 Å². The van der Waals surface area contributed by atoms with E-state index in [1.165, 1.54) is 0 Å². The van der Waals surface area contributed by atoms with Gasteiger partial charge in [-0.2, -0.15) is 0 Å². The van der Waals surface area contributed by atoms with Gasteiger partial charge in [0.15, 0.2) is 0 Å². The lowest BCUT2D eigenvalue weighted by atomic mass is 9.90. The Labute approximate surface area is 147 Å². The first-order valence-electron chi connectivity index (χ1n) is 8.15. The number of ether oxygens (including phenoxy) is 2. The average molecular weight is 360 g/mol. The van der Waals surface area contributed by atoms with E-state index < -0.39 is 19.9 Å². The molecule has 0 spiro atoms. The predicted octanol–water partition coefficient (Wildman–Crippen LogP) is 3.44. The zero-order valence-electron chi connectivity index (χ0n) is 13.8. The van der Waals surface area contributed by atoms with E-state index >= 15 is 0 Å². The molecule has 0 aliphatic carbocycles. The molecule has 0 radical (unpaired) electrons. The molecule has 2 aromatic carbocycles. The Morgan fingerprint density at radius 3 is 2.12 bits per heavy atom. The van der Waals surface area contributed by atoms with Crippen LogP contribution < -0.4 is 0 Å². The van der Waals surface area contributed by atoms with Gasteiger partial charge in [-0.1, -0.05) is 60.7 Å². The molecule has 0 bridgehead atoms. The van der Waals surface area contributed by atoms with E-state index in [-0.39, 0.29) is 19.4 Å². The molecule has 1 heterocycles. The molecule has 0 amide bonds. The molecule has 0 atom stereocenters. The molecule has 0 unspecified atom stereocenters. The van der Waals surface area contributed by atoms with E-state index in [0.29, 0.717) is 18.8 Å². The summed E-state index contributed by atoms with van der Waals surface area (Å²) in [5, 5.41) is -1.18. The Bertz CT molecular complexity index is 809. The fourth-order valence-corrected chi connectivity index (χ4v) is 4.79. The monoisotopic (exact) mass is 360 g/mol. The van der Waals surface area contributed by atoms with Crippen molar-refractivity contribution in [3.63, 3.8) is 0 Å². The maximum absolute atomic E-state index is 13.1. The van der Waals surface area contributed by atoms with Gasteiger partial charge in [-0.3, -0.25) is 0 Å². The van der Waals surface area contributed by atoms with E-state index in [1.54, 1.807) is 36.4 Å². The second kappa shape index (κ2) is 7.37. The first-order valence-corrected chi connectivity index (χ1v) is 9.63. The number of hydrogen-bond acceptors (Lipinski definition) is 5. The summed E-state index contributed by atoms with van der Waals surface area (Å²) in [6.45, 7) is 0.514. The molecule has 25 heavy (non-hydrogen) atoms. The van der Waals surface area contributed by atoms with Crippen molar-refractivity contribution in [3.8, 4) is 0 Å². The average Bonchev–Trinajstić information content (AvgIpc) is 2.68. The maximum Gasteiger partial charge on any atom is 0.426 e. The van der Waals surface area contributed by atoms with E-state index in [9.17, 15) is 13.2 Å². The topological polar surface area (TPSA) is 69.7 Å². The Morgan fingerprint density at radius 2 is 1.52 bits per heavy atom. The van der Waals surface area contributed by atoms with Crippen LogP contribution in [0.3, 0.4) is 0 Å². The summed E-state index contributed by atoms with van der Waals surface area (Å²) in [5.41, 5.74) is 1.35. The zero-order chi connectivity index (χ0) is 17.8. The number of sulfone groups is 1. The third kappa shape index (κ3) is 3.45. The Morgan fingerprint density at radius 1 is 0.960 bits per heavy atom. The summed E-state index contributed by atoms with van der Waals surface area (Å²) in [6, 6.07) is 17.9. The molecule has 1 saturated heterocycles. The molecule has 0 aromatic heterocycles. The van der Waals surface area contributed by atoms with Gasteiger partial charge in [-0.15, -0.1) is 0 Å². The van der Waals surface area contributed by atoms with Crippen LogP contribution >= 0.6 is 0 Å². The van der Waals surface area contributed by atoms with Gasteiger partial charge in [0.25, 0.3) is 9.84 Å². The minimum absolute atomic E-state index is 0.0692. The van der Waals surface area contributed by atoms with Crippen molar-refractivity contribution in [3.05, 3.63) is 71.8 Å². The molecular weight excluding hydrogens is 340 g/mol. The van der Waals surface area contributed by atoms with Gasteiger partial charge in [0.1, 0.15) is 11.4 Å². The summed E-state index contributed by atoms with van der Waals surface area (Å²) in [5.74, 6) is 0. The lowest BCUT2D eigenvalue weighted by molar-refractivity contribution is 0.0735. The van der Waals surface area contributed by atoms with Gasteiger partial charge >= 0.3 is 5.30 Å². The van der Waals surface area contributed by atoms with Crippen molar-refractivity contribution in [1.29, 1.82) is 0 Å². The first-order chi connectivity index (χ1) is 12.1. The van der Waals surface area contributed by atoms with Crippen LogP contribution in [0.5, 0.6) is 0 Å². The first kappa shape index (κ1) is 17.6. The highest BCUT2D eigenvalue weighted by Gasteiger charge is 2.51. The molecule has 1 fully saturated rings. The predicted molar refractivity (Wildman–Crippen MR) is 93.7 cm³/mol. The fourth-order valence-electron chi connectivity index (χ4n) is 3.11. The highest BCUT2D eigenvalue weighted by Crippen LogP contribution is 2.41. The number of carbonyl (C=O) groups excluding carboxylic acids is 1. The highest BCUT2D eigenvalue weighted by atomic mass is 32.2. The second-order valence-corrected chi connectivity index (χ2v) is 8.12. The minimum atomic E-state index is -4.19. The second-order valence-electron chi connectivity index (χ2n) is 6.00. The number of hydrogen-bond donors (Lipinski definition) is 0. The smallest absolute Gasteiger partial charge is 0.426 e. The fraction of sp³-hybridized carbons (Fsp3) is 0.316. The maximum atomic E-state index is 13.1. The van der Waals surface area contributed by atoms with Crippen LogP contribution in [-0.2, 0) is 30.7 Å². The minimum Gasteiger partial charge on any atom is -0.449 e. The van der Waals surface area contributed by atoms with E-state index in [1.807, 2.05) is 24.3 Å². The van der Waals surface area contributed by atoms with Crippen molar-refractivity contribution in [2.24, 2.45) is 0 Å². The zero-order valence-corrected chi connectivity index (χ0v) is 14.6. The van der Waals surface area contributed by atoms with Crippen molar-refractivity contribution < 1.29 is 22.7 Å². The third-order valence-electron chi connectivity index (χ3n) is 4.53. The van der Waals surface area contributed by atoms with Crippen LogP contribution in [0.4, 0.5) is 4.79 Å². The van der Waals surface area contributed by atoms with Crippen LogP contribution in [0.2, 0.25) is 0 Å². The van der Waals surface area contributed by atoms with Gasteiger partial charge in [0.05, 0.1) is 0 Å².